The van der Waals surface area contributed by atoms with Gasteiger partial charge in [-0.15, -0.1) is 0 Å². The van der Waals surface area contributed by atoms with Crippen LogP contribution in [0.15, 0.2) is 34.8 Å². The highest BCUT2D eigenvalue weighted by atomic mass is 79.9. The van der Waals surface area contributed by atoms with Gasteiger partial charge in [-0.05, 0) is 36.2 Å². The van der Waals surface area contributed by atoms with Crippen LogP contribution < -0.4 is 4.72 Å². The summed E-state index contributed by atoms with van der Waals surface area (Å²) >= 11 is 9.35. The van der Waals surface area contributed by atoms with Gasteiger partial charge in [0.2, 0.25) is 10.0 Å². The third-order valence-electron chi connectivity index (χ3n) is 4.02. The van der Waals surface area contributed by atoms with Crippen molar-refractivity contribution >= 4 is 55.2 Å². The molecule has 0 heterocycles. The van der Waals surface area contributed by atoms with E-state index in [1.165, 1.54) is 20.3 Å². The van der Waals surface area contributed by atoms with E-state index in [9.17, 15) is 18.0 Å². The molecule has 1 N–H and O–H groups in total. The minimum absolute atomic E-state index is 0.0346. The molecule has 0 amide bonds. The highest BCUT2D eigenvalue weighted by Crippen LogP contribution is 2.30. The molecule has 2 aromatic carbocycles. The summed E-state index contributed by atoms with van der Waals surface area (Å²) in [4.78, 5) is 23.8. The predicted molar refractivity (Wildman–Crippen MR) is 114 cm³/mol. The van der Waals surface area contributed by atoms with E-state index < -0.39 is 27.7 Å². The second-order valence-corrected chi connectivity index (χ2v) is 9.13. The second-order valence-electron chi connectivity index (χ2n) is 6.15. The van der Waals surface area contributed by atoms with Crippen molar-refractivity contribution in [3.63, 3.8) is 0 Å². The van der Waals surface area contributed by atoms with Crippen molar-refractivity contribution in [2.24, 2.45) is 0 Å². The fourth-order valence-electron chi connectivity index (χ4n) is 2.65. The summed E-state index contributed by atoms with van der Waals surface area (Å²) in [6.07, 6.45) is -0.0930. The summed E-state index contributed by atoms with van der Waals surface area (Å²) in [6, 6.07) is 8.00. The van der Waals surface area contributed by atoms with Crippen molar-refractivity contribution in [3.8, 4) is 0 Å². The normalized spacial score (nSPS) is 11.1. The lowest BCUT2D eigenvalue weighted by molar-refractivity contribution is -0.139. The Morgan fingerprint density at radius 3 is 2.45 bits per heavy atom. The summed E-state index contributed by atoms with van der Waals surface area (Å²) < 4.78 is 37.9. The van der Waals surface area contributed by atoms with Crippen LogP contribution in [0, 0.1) is 6.92 Å². The maximum Gasteiger partial charge on any atom is 0.339 e. The Labute approximate surface area is 182 Å². The fraction of sp³-hybridized carbons (Fsp3) is 0.263. The SMILES string of the molecule is COC(=O)Cc1cc(C)ccc1NS(=O)(=O)Cc1c(Br)ccc(Cl)c1C(=O)OC. The second kappa shape index (κ2) is 9.60. The van der Waals surface area contributed by atoms with Crippen molar-refractivity contribution < 1.29 is 27.5 Å². The minimum atomic E-state index is -3.97. The molecule has 0 aliphatic heterocycles. The first-order valence-electron chi connectivity index (χ1n) is 8.30. The van der Waals surface area contributed by atoms with Gasteiger partial charge >= 0.3 is 11.9 Å². The average Bonchev–Trinajstić information content (AvgIpc) is 2.66. The van der Waals surface area contributed by atoms with E-state index in [2.05, 4.69) is 25.4 Å². The van der Waals surface area contributed by atoms with E-state index in [1.807, 2.05) is 6.92 Å². The molecule has 7 nitrogen and oxygen atoms in total. The van der Waals surface area contributed by atoms with Crippen LogP contribution in [-0.2, 0) is 36.5 Å². The van der Waals surface area contributed by atoms with E-state index >= 15 is 0 Å². The smallest absolute Gasteiger partial charge is 0.339 e. The number of nitrogens with one attached hydrogen (secondary N) is 1. The first kappa shape index (κ1) is 23.2. The first-order chi connectivity index (χ1) is 13.6. The zero-order chi connectivity index (χ0) is 21.8. The maximum absolute atomic E-state index is 12.8. The number of benzene rings is 2. The zero-order valence-electron chi connectivity index (χ0n) is 15.9. The topological polar surface area (TPSA) is 98.8 Å². The number of hydrogen-bond donors (Lipinski definition) is 1. The number of hydrogen-bond acceptors (Lipinski definition) is 6. The number of carbonyl (C=O) groups excluding carboxylic acids is 2. The Kier molecular flexibility index (Phi) is 7.67. The zero-order valence-corrected chi connectivity index (χ0v) is 19.1. The summed E-state index contributed by atoms with van der Waals surface area (Å²) in [5, 5.41) is 0.0759. The maximum atomic E-state index is 12.8. The number of esters is 2. The lowest BCUT2D eigenvalue weighted by Gasteiger charge is -2.16. The molecule has 0 saturated carbocycles. The highest BCUT2D eigenvalue weighted by molar-refractivity contribution is 9.10. The van der Waals surface area contributed by atoms with Crippen LogP contribution in [0.25, 0.3) is 0 Å². The summed E-state index contributed by atoms with van der Waals surface area (Å²) in [5.41, 5.74) is 1.71. The lowest BCUT2D eigenvalue weighted by atomic mass is 10.1. The molecule has 0 aliphatic rings. The molecule has 0 radical (unpaired) electrons. The predicted octanol–water partition coefficient (Wildman–Crippen LogP) is 3.85. The molecular formula is C19H19BrClNO6S. The average molecular weight is 505 g/mol. The van der Waals surface area contributed by atoms with E-state index in [-0.39, 0.29) is 28.3 Å². The molecule has 156 valence electrons. The molecule has 0 fully saturated rings. The van der Waals surface area contributed by atoms with Crippen molar-refractivity contribution in [1.82, 2.24) is 0 Å². The third-order valence-corrected chi connectivity index (χ3v) is 6.27. The van der Waals surface area contributed by atoms with Crippen molar-refractivity contribution in [2.75, 3.05) is 18.9 Å². The quantitative estimate of drug-likeness (QED) is 0.575. The molecule has 2 aromatic rings. The van der Waals surface area contributed by atoms with Crippen molar-refractivity contribution in [2.45, 2.75) is 19.1 Å². The Morgan fingerprint density at radius 2 is 1.83 bits per heavy atom. The van der Waals surface area contributed by atoms with Gasteiger partial charge in [0.25, 0.3) is 0 Å². The molecule has 0 spiro atoms. The molecular weight excluding hydrogens is 486 g/mol. The number of rotatable bonds is 7. The number of anilines is 1. The molecule has 0 saturated heterocycles. The number of methoxy groups -OCH3 is 2. The monoisotopic (exact) mass is 503 g/mol. The molecule has 2 rings (SSSR count). The fourth-order valence-corrected chi connectivity index (χ4v) is 4.84. The van der Waals surface area contributed by atoms with Gasteiger partial charge in [-0.25, -0.2) is 13.2 Å². The van der Waals surface area contributed by atoms with Gasteiger partial charge in [0.05, 0.1) is 42.7 Å². The Hall–Kier alpha value is -2.10. The molecule has 0 aromatic heterocycles. The molecule has 0 unspecified atom stereocenters. The largest absolute Gasteiger partial charge is 0.469 e. The van der Waals surface area contributed by atoms with Crippen LogP contribution in [0.5, 0.6) is 0 Å². The number of halogens is 2. The molecule has 0 bridgehead atoms. The van der Waals surface area contributed by atoms with E-state index in [1.54, 1.807) is 24.3 Å². The highest BCUT2D eigenvalue weighted by Gasteiger charge is 2.24. The number of ether oxygens (including phenoxy) is 2. The minimum Gasteiger partial charge on any atom is -0.469 e. The van der Waals surface area contributed by atoms with Gasteiger partial charge in [-0.1, -0.05) is 45.2 Å². The standard InChI is InChI=1S/C19H19BrClNO6S/c1-11-4-7-16(12(8-11)9-17(23)27-2)22-29(25,26)10-13-14(20)5-6-15(21)18(13)19(24)28-3/h4-8,22H,9-10H2,1-3H3. The Balaban J connectivity index is 2.41. The Morgan fingerprint density at radius 1 is 1.14 bits per heavy atom. The molecule has 0 aliphatic carbocycles. The first-order valence-corrected chi connectivity index (χ1v) is 11.1. The summed E-state index contributed by atoms with van der Waals surface area (Å²) in [5.74, 6) is -1.78. The summed E-state index contributed by atoms with van der Waals surface area (Å²) in [6.45, 7) is 1.82. The number of aryl methyl sites for hydroxylation is 1. The molecule has 10 heteroatoms. The van der Waals surface area contributed by atoms with Gasteiger partial charge in [0.15, 0.2) is 0 Å². The van der Waals surface area contributed by atoms with E-state index in [4.69, 9.17) is 16.3 Å². The summed E-state index contributed by atoms with van der Waals surface area (Å²) in [7, 11) is -1.53. The number of carbonyl (C=O) groups is 2. The number of sulfonamides is 1. The van der Waals surface area contributed by atoms with Crippen LogP contribution in [-0.4, -0.2) is 34.6 Å². The van der Waals surface area contributed by atoms with Gasteiger partial charge in [0.1, 0.15) is 0 Å². The van der Waals surface area contributed by atoms with Crippen LogP contribution in [0.1, 0.15) is 27.0 Å². The molecule has 29 heavy (non-hydrogen) atoms. The van der Waals surface area contributed by atoms with Crippen LogP contribution in [0.2, 0.25) is 5.02 Å². The van der Waals surface area contributed by atoms with Crippen LogP contribution >= 0.6 is 27.5 Å². The van der Waals surface area contributed by atoms with Crippen molar-refractivity contribution in [1.29, 1.82) is 0 Å². The van der Waals surface area contributed by atoms with Gasteiger partial charge in [0, 0.05) is 4.47 Å². The van der Waals surface area contributed by atoms with E-state index in [0.717, 1.165) is 5.56 Å². The molecule has 0 atom stereocenters. The van der Waals surface area contributed by atoms with Crippen LogP contribution in [0.3, 0.4) is 0 Å². The lowest BCUT2D eigenvalue weighted by Crippen LogP contribution is -2.19. The van der Waals surface area contributed by atoms with E-state index in [0.29, 0.717) is 10.0 Å². The van der Waals surface area contributed by atoms with Crippen LogP contribution in [0.4, 0.5) is 5.69 Å². The van der Waals surface area contributed by atoms with Gasteiger partial charge in [-0.2, -0.15) is 0 Å². The van der Waals surface area contributed by atoms with Gasteiger partial charge < -0.3 is 9.47 Å². The van der Waals surface area contributed by atoms with Gasteiger partial charge in [-0.3, -0.25) is 9.52 Å². The van der Waals surface area contributed by atoms with Crippen molar-refractivity contribution in [3.05, 3.63) is 62.1 Å². The third kappa shape index (κ3) is 5.94. The Bertz CT molecular complexity index is 1050.